The molecule has 0 unspecified atom stereocenters. The number of hydrogen-bond donors (Lipinski definition) is 0. The number of rotatable bonds is 0. The Morgan fingerprint density at radius 3 is 0.800 bits per heavy atom. The molecule has 0 aromatic carbocycles. The van der Waals surface area contributed by atoms with E-state index in [9.17, 15) is 0 Å². The molecule has 57 valence electrons. The molecule has 0 aliphatic rings. The van der Waals surface area contributed by atoms with Gasteiger partial charge >= 0.3 is 23.1 Å². The van der Waals surface area contributed by atoms with Gasteiger partial charge in [-0.25, -0.2) is 0 Å². The molecule has 0 aromatic rings. The van der Waals surface area contributed by atoms with Crippen molar-refractivity contribution in [3.05, 3.63) is 30.6 Å². The maximum Gasteiger partial charge on any atom is 2.00 e. The topological polar surface area (TPSA) is 132 Å². The molecule has 10 heavy (non-hydrogen) atoms. The van der Waals surface area contributed by atoms with Gasteiger partial charge in [0.25, 0.3) is 0 Å². The van der Waals surface area contributed by atoms with Crippen LogP contribution in [0.2, 0.25) is 0 Å². The van der Waals surface area contributed by atoms with Crippen LogP contribution in [0.3, 0.4) is 0 Å². The molecule has 0 atom stereocenters. The van der Waals surface area contributed by atoms with E-state index >= 15 is 0 Å². The van der Waals surface area contributed by atoms with E-state index in [1.165, 1.54) is 0 Å². The Morgan fingerprint density at radius 1 is 0.800 bits per heavy atom. The maximum absolute atomic E-state index is 8.25. The molecule has 0 aliphatic heterocycles. The molecule has 0 rings (SSSR count). The van der Waals surface area contributed by atoms with Gasteiger partial charge in [0.2, 0.25) is 0 Å². The van der Waals surface area contributed by atoms with E-state index in [2.05, 4.69) is 0 Å². The van der Waals surface area contributed by atoms with Gasteiger partial charge in [-0.1, -0.05) is 0 Å². The predicted molar refractivity (Wildman–Crippen MR) is 26.5 cm³/mol. The Labute approximate surface area is 80.8 Å². The van der Waals surface area contributed by atoms with Crippen LogP contribution in [0.1, 0.15) is 0 Å². The van der Waals surface area contributed by atoms with E-state index in [1.807, 2.05) is 0 Å². The standard InChI is InChI=1S/Co.Mg.2NO3/c;;2*2-1(3)4/q;+2;2*-1. The maximum atomic E-state index is 8.25. The van der Waals surface area contributed by atoms with Gasteiger partial charge < -0.3 is 30.6 Å². The van der Waals surface area contributed by atoms with Crippen LogP contribution in [0, 0.1) is 30.6 Å². The Kier molecular flexibility index (Phi) is 35.9. The average molecular weight is 207 g/mol. The van der Waals surface area contributed by atoms with Gasteiger partial charge in [0.15, 0.2) is 0 Å². The van der Waals surface area contributed by atoms with Crippen molar-refractivity contribution in [2.24, 2.45) is 0 Å². The minimum atomic E-state index is -1.75. The van der Waals surface area contributed by atoms with Crippen LogP contribution in [0.25, 0.3) is 0 Å². The summed E-state index contributed by atoms with van der Waals surface area (Å²) in [6, 6.07) is 0. The summed E-state index contributed by atoms with van der Waals surface area (Å²) in [6.07, 6.45) is 0. The first kappa shape index (κ1) is 22.6. The van der Waals surface area contributed by atoms with E-state index in [1.54, 1.807) is 0 Å². The zero-order valence-corrected chi connectivity index (χ0v) is 6.84. The van der Waals surface area contributed by atoms with Crippen LogP contribution < -0.4 is 0 Å². The molecule has 0 saturated heterocycles. The van der Waals surface area contributed by atoms with E-state index in [-0.39, 0.29) is 39.8 Å². The Morgan fingerprint density at radius 2 is 0.800 bits per heavy atom. The molecule has 8 nitrogen and oxygen atoms in total. The second-order valence-corrected chi connectivity index (χ2v) is 0.447. The molecule has 0 aliphatic carbocycles. The van der Waals surface area contributed by atoms with Crippen LogP contribution in [0.15, 0.2) is 0 Å². The summed E-state index contributed by atoms with van der Waals surface area (Å²) in [5.41, 5.74) is 0. The first-order valence-electron chi connectivity index (χ1n) is 1.10. The molecule has 0 spiro atoms. The fourth-order valence-corrected chi connectivity index (χ4v) is 0. The first-order valence-corrected chi connectivity index (χ1v) is 1.10. The van der Waals surface area contributed by atoms with Crippen LogP contribution in [0.5, 0.6) is 0 Å². The van der Waals surface area contributed by atoms with Crippen LogP contribution in [0.4, 0.5) is 0 Å². The monoisotopic (exact) mass is 207 g/mol. The third-order valence-corrected chi connectivity index (χ3v) is 0. The van der Waals surface area contributed by atoms with Crippen LogP contribution >= 0.6 is 0 Å². The summed E-state index contributed by atoms with van der Waals surface area (Å²) in [5.74, 6) is 0. The summed E-state index contributed by atoms with van der Waals surface area (Å²) >= 11 is 0. The summed E-state index contributed by atoms with van der Waals surface area (Å²) in [7, 11) is 0. The van der Waals surface area contributed by atoms with E-state index in [4.69, 9.17) is 30.6 Å². The Bertz CT molecular complexity index is 73.7. The van der Waals surface area contributed by atoms with Gasteiger partial charge in [-0.15, -0.1) is 0 Å². The molecular formula is CoMgN2O6. The van der Waals surface area contributed by atoms with Gasteiger partial charge in [-0.05, 0) is 0 Å². The molecule has 0 saturated carbocycles. The zero-order chi connectivity index (χ0) is 7.15. The quantitative estimate of drug-likeness (QED) is 0.288. The van der Waals surface area contributed by atoms with Crippen molar-refractivity contribution in [3.63, 3.8) is 0 Å². The number of hydrogen-bond acceptors (Lipinski definition) is 6. The third kappa shape index (κ3) is 3190. The largest absolute Gasteiger partial charge is 2.00 e. The molecule has 0 N–H and O–H groups in total. The number of nitrogens with zero attached hydrogens (tertiary/aromatic N) is 2. The summed E-state index contributed by atoms with van der Waals surface area (Å²) in [4.78, 5) is 16.5. The minimum absolute atomic E-state index is 0. The first-order chi connectivity index (χ1) is 3.46. The van der Waals surface area contributed by atoms with Crippen LogP contribution in [-0.2, 0) is 16.8 Å². The SMILES string of the molecule is O=[N+]([O-])[O-].O=[N+]([O-])[O-].[Co].[Mg+2]. The van der Waals surface area contributed by atoms with E-state index < -0.39 is 10.2 Å². The molecule has 0 amide bonds. The minimum Gasteiger partial charge on any atom is -0.356 e. The van der Waals surface area contributed by atoms with Gasteiger partial charge in [-0.2, -0.15) is 0 Å². The molecule has 1 radical (unpaired) electrons. The van der Waals surface area contributed by atoms with Crippen molar-refractivity contribution in [2.45, 2.75) is 0 Å². The van der Waals surface area contributed by atoms with E-state index in [0.717, 1.165) is 0 Å². The Hall–Kier alpha value is -0.327. The van der Waals surface area contributed by atoms with Gasteiger partial charge in [0.1, 0.15) is 0 Å². The van der Waals surface area contributed by atoms with E-state index in [0.29, 0.717) is 0 Å². The average Bonchev–Trinajstić information content (AvgIpc) is 1.25. The second kappa shape index (κ2) is 15.9. The molecular weight excluding hydrogens is 207 g/mol. The molecule has 10 heteroatoms. The summed E-state index contributed by atoms with van der Waals surface area (Å²) in [6.45, 7) is 0. The molecule has 0 bridgehead atoms. The van der Waals surface area contributed by atoms with Crippen LogP contribution in [-0.4, -0.2) is 33.2 Å². The fraction of sp³-hybridized carbons (Fsp3) is 0. The van der Waals surface area contributed by atoms with Gasteiger partial charge in [0, 0.05) is 16.8 Å². The molecule has 0 fully saturated rings. The zero-order valence-electron chi connectivity index (χ0n) is 4.38. The normalized spacial score (nSPS) is 4.80. The van der Waals surface area contributed by atoms with Crippen molar-refractivity contribution in [1.29, 1.82) is 0 Å². The van der Waals surface area contributed by atoms with Crippen molar-refractivity contribution < 1.29 is 27.0 Å². The van der Waals surface area contributed by atoms with Crippen molar-refractivity contribution in [3.8, 4) is 0 Å². The second-order valence-electron chi connectivity index (χ2n) is 0.447. The summed E-state index contributed by atoms with van der Waals surface area (Å²) in [5, 5.41) is 29.5. The molecule has 0 heterocycles. The fourth-order valence-electron chi connectivity index (χ4n) is 0. The van der Waals surface area contributed by atoms with Gasteiger partial charge in [-0.3, -0.25) is 0 Å². The predicted octanol–water partition coefficient (Wildman–Crippen LogP) is -0.862. The van der Waals surface area contributed by atoms with Gasteiger partial charge in [0.05, 0.1) is 10.2 Å². The van der Waals surface area contributed by atoms with Crippen molar-refractivity contribution >= 4 is 23.1 Å². The summed E-state index contributed by atoms with van der Waals surface area (Å²) < 4.78 is 0. The van der Waals surface area contributed by atoms with Crippen molar-refractivity contribution in [2.75, 3.05) is 0 Å². The molecule has 0 aromatic heterocycles. The third-order valence-electron chi connectivity index (χ3n) is 0. The van der Waals surface area contributed by atoms with Crippen molar-refractivity contribution in [1.82, 2.24) is 0 Å². The smallest absolute Gasteiger partial charge is 0.356 e. The Balaban J connectivity index is -0.0000000300.